The summed E-state index contributed by atoms with van der Waals surface area (Å²) < 4.78 is 5.88. The van der Waals surface area contributed by atoms with Crippen LogP contribution < -0.4 is 10.5 Å². The molecule has 108 valence electrons. The number of hydrogen-bond donors (Lipinski definition) is 1. The molecule has 2 nitrogen and oxygen atoms in total. The van der Waals surface area contributed by atoms with E-state index < -0.39 is 0 Å². The van der Waals surface area contributed by atoms with Crippen molar-refractivity contribution in [3.8, 4) is 5.75 Å². The second-order valence-electron chi connectivity index (χ2n) is 5.69. The van der Waals surface area contributed by atoms with E-state index in [1.807, 2.05) is 0 Å². The molecule has 1 atom stereocenters. The number of rotatable bonds is 7. The molecule has 0 heterocycles. The third-order valence-electron chi connectivity index (χ3n) is 3.56. The summed E-state index contributed by atoms with van der Waals surface area (Å²) in [7, 11) is 0. The Morgan fingerprint density at radius 1 is 1.21 bits per heavy atom. The zero-order chi connectivity index (χ0) is 14.4. The van der Waals surface area contributed by atoms with E-state index >= 15 is 0 Å². The summed E-state index contributed by atoms with van der Waals surface area (Å²) in [5.74, 6) is 1.52. The smallest absolute Gasteiger partial charge is 0.123 e. The first kappa shape index (κ1) is 16.0. The molecule has 0 aliphatic carbocycles. The maximum Gasteiger partial charge on any atom is 0.123 e. The van der Waals surface area contributed by atoms with Crippen molar-refractivity contribution in [1.29, 1.82) is 0 Å². The number of hydrogen-bond acceptors (Lipinski definition) is 2. The molecular formula is C17H29NO. The summed E-state index contributed by atoms with van der Waals surface area (Å²) in [5.41, 5.74) is 10.0. The number of ether oxygens (including phenoxy) is 1. The molecule has 1 unspecified atom stereocenters. The predicted octanol–water partition coefficient (Wildman–Crippen LogP) is 4.19. The van der Waals surface area contributed by atoms with E-state index in [9.17, 15) is 0 Å². The maximum atomic E-state index is 6.09. The Morgan fingerprint density at radius 3 is 2.42 bits per heavy atom. The Hall–Kier alpha value is -1.02. The van der Waals surface area contributed by atoms with Crippen molar-refractivity contribution in [1.82, 2.24) is 0 Å². The lowest BCUT2D eigenvalue weighted by Crippen LogP contribution is -2.22. The maximum absolute atomic E-state index is 6.09. The normalized spacial score (nSPS) is 12.8. The van der Waals surface area contributed by atoms with Crippen molar-refractivity contribution >= 4 is 0 Å². The summed E-state index contributed by atoms with van der Waals surface area (Å²) >= 11 is 0. The fourth-order valence-electron chi connectivity index (χ4n) is 2.18. The Labute approximate surface area is 118 Å². The van der Waals surface area contributed by atoms with Gasteiger partial charge in [-0.05, 0) is 54.9 Å². The van der Waals surface area contributed by atoms with E-state index in [-0.39, 0.29) is 6.04 Å². The molecule has 2 heteroatoms. The van der Waals surface area contributed by atoms with Gasteiger partial charge in [-0.25, -0.2) is 0 Å². The van der Waals surface area contributed by atoms with E-state index in [4.69, 9.17) is 10.5 Å². The van der Waals surface area contributed by atoms with E-state index in [1.54, 1.807) is 0 Å². The average molecular weight is 263 g/mol. The van der Waals surface area contributed by atoms with E-state index in [1.165, 1.54) is 16.7 Å². The average Bonchev–Trinajstić information content (AvgIpc) is 2.38. The fourth-order valence-corrected chi connectivity index (χ4v) is 2.18. The first-order valence-corrected chi connectivity index (χ1v) is 7.51. The van der Waals surface area contributed by atoms with Gasteiger partial charge in [0.25, 0.3) is 0 Å². The van der Waals surface area contributed by atoms with Gasteiger partial charge in [0.15, 0.2) is 0 Å². The SMILES string of the molecule is CCCOc1cc(C)c(CC(N)CC)cc1C(C)C. The van der Waals surface area contributed by atoms with Gasteiger partial charge in [-0.3, -0.25) is 0 Å². The summed E-state index contributed by atoms with van der Waals surface area (Å²) in [6.45, 7) is 11.6. The van der Waals surface area contributed by atoms with Gasteiger partial charge in [0, 0.05) is 6.04 Å². The van der Waals surface area contributed by atoms with Crippen LogP contribution in [0.4, 0.5) is 0 Å². The van der Waals surface area contributed by atoms with E-state index in [0.29, 0.717) is 5.92 Å². The van der Waals surface area contributed by atoms with E-state index in [0.717, 1.165) is 31.6 Å². The lowest BCUT2D eigenvalue weighted by molar-refractivity contribution is 0.312. The van der Waals surface area contributed by atoms with Crippen molar-refractivity contribution in [2.24, 2.45) is 5.73 Å². The molecular weight excluding hydrogens is 234 g/mol. The zero-order valence-corrected chi connectivity index (χ0v) is 13.1. The van der Waals surface area contributed by atoms with Crippen LogP contribution in [0.25, 0.3) is 0 Å². The number of benzene rings is 1. The summed E-state index contributed by atoms with van der Waals surface area (Å²) in [6, 6.07) is 4.73. The van der Waals surface area contributed by atoms with Crippen LogP contribution >= 0.6 is 0 Å². The highest BCUT2D eigenvalue weighted by molar-refractivity contribution is 5.44. The highest BCUT2D eigenvalue weighted by Crippen LogP contribution is 2.30. The van der Waals surface area contributed by atoms with Gasteiger partial charge in [0.1, 0.15) is 5.75 Å². The van der Waals surface area contributed by atoms with Crippen LogP contribution in [0.3, 0.4) is 0 Å². The first-order valence-electron chi connectivity index (χ1n) is 7.51. The molecule has 1 aromatic rings. The fraction of sp³-hybridized carbons (Fsp3) is 0.647. The van der Waals surface area contributed by atoms with E-state index in [2.05, 4.69) is 46.8 Å². The van der Waals surface area contributed by atoms with Crippen LogP contribution in [0.5, 0.6) is 5.75 Å². The molecule has 2 N–H and O–H groups in total. The quantitative estimate of drug-likeness (QED) is 0.800. The minimum atomic E-state index is 0.251. The summed E-state index contributed by atoms with van der Waals surface area (Å²) in [6.07, 6.45) is 3.01. The van der Waals surface area contributed by atoms with Gasteiger partial charge in [-0.2, -0.15) is 0 Å². The zero-order valence-electron chi connectivity index (χ0n) is 13.1. The van der Waals surface area contributed by atoms with Gasteiger partial charge in [-0.1, -0.05) is 33.8 Å². The molecule has 0 saturated heterocycles. The van der Waals surface area contributed by atoms with Crippen LogP contribution in [0.1, 0.15) is 63.1 Å². The molecule has 0 fully saturated rings. The lowest BCUT2D eigenvalue weighted by Gasteiger charge is -2.19. The highest BCUT2D eigenvalue weighted by Gasteiger charge is 2.13. The lowest BCUT2D eigenvalue weighted by atomic mass is 9.93. The molecule has 0 aliphatic heterocycles. The van der Waals surface area contributed by atoms with Gasteiger partial charge in [0.2, 0.25) is 0 Å². The summed E-state index contributed by atoms with van der Waals surface area (Å²) in [4.78, 5) is 0. The van der Waals surface area contributed by atoms with Crippen LogP contribution in [-0.4, -0.2) is 12.6 Å². The molecule has 0 bridgehead atoms. The summed E-state index contributed by atoms with van der Waals surface area (Å²) in [5, 5.41) is 0. The van der Waals surface area contributed by atoms with Crippen LogP contribution in [0.2, 0.25) is 0 Å². The molecule has 0 aliphatic rings. The number of aryl methyl sites for hydroxylation is 1. The Bertz CT molecular complexity index is 398. The monoisotopic (exact) mass is 263 g/mol. The topological polar surface area (TPSA) is 35.2 Å². The van der Waals surface area contributed by atoms with Crippen LogP contribution in [0, 0.1) is 6.92 Å². The molecule has 0 aromatic heterocycles. The van der Waals surface area contributed by atoms with Crippen molar-refractivity contribution in [2.45, 2.75) is 65.8 Å². The van der Waals surface area contributed by atoms with Crippen molar-refractivity contribution in [3.05, 3.63) is 28.8 Å². The molecule has 19 heavy (non-hydrogen) atoms. The molecule has 1 aromatic carbocycles. The largest absolute Gasteiger partial charge is 0.493 e. The Kier molecular flexibility index (Phi) is 6.36. The van der Waals surface area contributed by atoms with Crippen LogP contribution in [-0.2, 0) is 6.42 Å². The van der Waals surface area contributed by atoms with Gasteiger partial charge < -0.3 is 10.5 Å². The first-order chi connectivity index (χ1) is 8.99. The predicted molar refractivity (Wildman–Crippen MR) is 83.0 cm³/mol. The number of nitrogens with two attached hydrogens (primary N) is 1. The minimum absolute atomic E-state index is 0.251. The third-order valence-corrected chi connectivity index (χ3v) is 3.56. The third kappa shape index (κ3) is 4.54. The molecule has 0 radical (unpaired) electrons. The van der Waals surface area contributed by atoms with Gasteiger partial charge in [0.05, 0.1) is 6.61 Å². The second kappa shape index (κ2) is 7.54. The van der Waals surface area contributed by atoms with Gasteiger partial charge >= 0.3 is 0 Å². The standard InChI is InChI=1S/C17H29NO/c1-6-8-19-17-9-13(5)14(10-15(18)7-2)11-16(17)12(3)4/h9,11-12,15H,6-8,10,18H2,1-5H3. The Balaban J connectivity index is 3.05. The highest BCUT2D eigenvalue weighted by atomic mass is 16.5. The van der Waals surface area contributed by atoms with Gasteiger partial charge in [-0.15, -0.1) is 0 Å². The second-order valence-corrected chi connectivity index (χ2v) is 5.69. The van der Waals surface area contributed by atoms with Crippen molar-refractivity contribution < 1.29 is 4.74 Å². The minimum Gasteiger partial charge on any atom is -0.493 e. The van der Waals surface area contributed by atoms with Crippen molar-refractivity contribution in [2.75, 3.05) is 6.61 Å². The van der Waals surface area contributed by atoms with Crippen molar-refractivity contribution in [3.63, 3.8) is 0 Å². The molecule has 1 rings (SSSR count). The molecule has 0 spiro atoms. The van der Waals surface area contributed by atoms with Crippen LogP contribution in [0.15, 0.2) is 12.1 Å². The molecule has 0 saturated carbocycles. The molecule has 0 amide bonds. The Morgan fingerprint density at radius 2 is 1.89 bits per heavy atom.